The van der Waals surface area contributed by atoms with Crippen LogP contribution in [0.3, 0.4) is 0 Å². The maximum absolute atomic E-state index is 13.9. The number of carbonyl (C=O) groups excluding carboxylic acids is 3. The van der Waals surface area contributed by atoms with Gasteiger partial charge in [0.2, 0.25) is 5.91 Å². The van der Waals surface area contributed by atoms with Crippen LogP contribution in [0.4, 0.5) is 23.7 Å². The number of nitrogens with zero attached hydrogens (tertiary/aromatic N) is 7. The molecule has 2 aliphatic heterocycles. The van der Waals surface area contributed by atoms with Crippen molar-refractivity contribution in [1.82, 2.24) is 30.0 Å². The van der Waals surface area contributed by atoms with Crippen molar-refractivity contribution in [3.8, 4) is 0 Å². The number of ether oxygens (including phenoxy) is 1. The average Bonchev–Trinajstić information content (AvgIpc) is 3.48. The quantitative estimate of drug-likeness (QED) is 0.366. The van der Waals surface area contributed by atoms with Crippen LogP contribution >= 0.6 is 0 Å². The molecule has 1 aromatic heterocycles. The number of carbonyl (C=O) groups is 3. The van der Waals surface area contributed by atoms with Crippen LogP contribution in [0.5, 0.6) is 0 Å². The third-order valence-electron chi connectivity index (χ3n) is 8.24. The third kappa shape index (κ3) is 7.83. The van der Waals surface area contributed by atoms with Crippen LogP contribution in [0.2, 0.25) is 0 Å². The Morgan fingerprint density at radius 1 is 0.870 bits per heavy atom. The summed E-state index contributed by atoms with van der Waals surface area (Å²) in [6.07, 6.45) is -2.61. The van der Waals surface area contributed by atoms with E-state index in [0.717, 1.165) is 12.1 Å². The molecule has 3 heterocycles. The molecule has 0 atom stereocenters. The first-order valence-corrected chi connectivity index (χ1v) is 15.4. The molecule has 46 heavy (non-hydrogen) atoms. The highest BCUT2D eigenvalue weighted by molar-refractivity contribution is 5.95. The van der Waals surface area contributed by atoms with Crippen LogP contribution in [0, 0.1) is 0 Å². The second-order valence-electron chi connectivity index (χ2n) is 12.6. The van der Waals surface area contributed by atoms with Crippen molar-refractivity contribution in [2.45, 2.75) is 76.7 Å². The van der Waals surface area contributed by atoms with Crippen molar-refractivity contribution in [2.24, 2.45) is 0 Å². The predicted molar refractivity (Wildman–Crippen MR) is 162 cm³/mol. The molecule has 246 valence electrons. The largest absolute Gasteiger partial charge is 0.444 e. The zero-order valence-corrected chi connectivity index (χ0v) is 26.1. The van der Waals surface area contributed by atoms with Crippen LogP contribution in [0.1, 0.15) is 74.1 Å². The smallest absolute Gasteiger partial charge is 0.416 e. The number of likely N-dealkylation sites (tertiary alicyclic amines) is 2. The molecule has 11 nitrogen and oxygen atoms in total. The number of amides is 3. The predicted octanol–water partition coefficient (Wildman–Crippen LogP) is 5.14. The minimum absolute atomic E-state index is 0.0360. The molecule has 5 rings (SSSR count). The first-order chi connectivity index (χ1) is 21.8. The molecule has 2 aromatic carbocycles. The minimum Gasteiger partial charge on any atom is -0.444 e. The second-order valence-corrected chi connectivity index (χ2v) is 12.6. The van der Waals surface area contributed by atoms with Crippen molar-refractivity contribution in [3.63, 3.8) is 0 Å². The lowest BCUT2D eigenvalue weighted by Crippen LogP contribution is -2.50. The molecule has 2 aliphatic rings. The summed E-state index contributed by atoms with van der Waals surface area (Å²) in [4.78, 5) is 44.5. The highest BCUT2D eigenvalue weighted by Crippen LogP contribution is 2.31. The zero-order valence-electron chi connectivity index (χ0n) is 26.1. The van der Waals surface area contributed by atoms with Gasteiger partial charge in [-0.15, -0.1) is 5.10 Å². The molecule has 0 aliphatic carbocycles. The fourth-order valence-electron chi connectivity index (χ4n) is 5.93. The van der Waals surface area contributed by atoms with E-state index in [9.17, 15) is 27.6 Å². The maximum Gasteiger partial charge on any atom is 0.416 e. The Morgan fingerprint density at radius 2 is 1.48 bits per heavy atom. The monoisotopic (exact) mass is 641 g/mol. The van der Waals surface area contributed by atoms with Crippen molar-refractivity contribution in [3.05, 3.63) is 71.5 Å². The highest BCUT2D eigenvalue weighted by atomic mass is 19.4. The van der Waals surface area contributed by atoms with E-state index >= 15 is 0 Å². The second kappa shape index (κ2) is 13.5. The van der Waals surface area contributed by atoms with Gasteiger partial charge in [0.25, 0.3) is 5.91 Å². The molecule has 2 fully saturated rings. The van der Waals surface area contributed by atoms with E-state index in [2.05, 4.69) is 15.5 Å². The van der Waals surface area contributed by atoms with E-state index in [1.165, 1.54) is 16.8 Å². The van der Waals surface area contributed by atoms with Gasteiger partial charge in [-0.05, 0) is 93.3 Å². The Hall–Kier alpha value is -4.49. The van der Waals surface area contributed by atoms with Crippen LogP contribution in [-0.2, 0) is 22.3 Å². The zero-order chi connectivity index (χ0) is 33.1. The molecule has 0 bridgehead atoms. The van der Waals surface area contributed by atoms with E-state index in [-0.39, 0.29) is 42.0 Å². The van der Waals surface area contributed by atoms with Gasteiger partial charge < -0.3 is 19.4 Å². The summed E-state index contributed by atoms with van der Waals surface area (Å²) in [5.41, 5.74) is -0.496. The number of rotatable bonds is 6. The molecule has 3 amide bonds. The molecule has 0 saturated carbocycles. The first kappa shape index (κ1) is 32.9. The standard InChI is InChI=1S/C32H38F3N7O4/c1-31(2,3)46-30(45)40-17-13-22(14-18-40)28-36-37-38-41(28)21-27(43)42(25-7-5-4-6-8-25)26-15-19-39(20-16-26)29(44)23-9-11-24(12-10-23)32(33,34)35/h4-12,22,26H,13-21H2,1-3H3. The lowest BCUT2D eigenvalue weighted by Gasteiger charge is -2.38. The SMILES string of the molecule is CC(C)(C)OC(=O)N1CCC(c2nnnn2CC(=O)N(c2ccccc2)C2CCN(C(=O)c3ccc(C(F)(F)F)cc3)CC2)CC1. The van der Waals surface area contributed by atoms with Crippen molar-refractivity contribution in [1.29, 1.82) is 0 Å². The fourth-order valence-corrected chi connectivity index (χ4v) is 5.93. The van der Waals surface area contributed by atoms with Gasteiger partial charge in [0, 0.05) is 49.4 Å². The van der Waals surface area contributed by atoms with E-state index in [1.807, 2.05) is 51.1 Å². The maximum atomic E-state index is 13.9. The van der Waals surface area contributed by atoms with Crippen molar-refractivity contribution in [2.75, 3.05) is 31.1 Å². The van der Waals surface area contributed by atoms with Gasteiger partial charge in [0.15, 0.2) is 5.82 Å². The highest BCUT2D eigenvalue weighted by Gasteiger charge is 2.35. The van der Waals surface area contributed by atoms with Gasteiger partial charge in [0.1, 0.15) is 12.1 Å². The summed E-state index contributed by atoms with van der Waals surface area (Å²) in [6, 6.07) is 13.3. The summed E-state index contributed by atoms with van der Waals surface area (Å²) in [5, 5.41) is 12.2. The molecular weight excluding hydrogens is 603 g/mol. The lowest BCUT2D eigenvalue weighted by atomic mass is 9.96. The lowest BCUT2D eigenvalue weighted by molar-refractivity contribution is -0.137. The third-order valence-corrected chi connectivity index (χ3v) is 8.24. The fraction of sp³-hybridized carbons (Fsp3) is 0.500. The number of hydrogen-bond donors (Lipinski definition) is 0. The van der Waals surface area contributed by atoms with Crippen LogP contribution < -0.4 is 4.90 Å². The Bertz CT molecular complexity index is 1510. The van der Waals surface area contributed by atoms with Gasteiger partial charge >= 0.3 is 12.3 Å². The average molecular weight is 642 g/mol. The summed E-state index contributed by atoms with van der Waals surface area (Å²) in [5.74, 6) is -0.00691. The summed E-state index contributed by atoms with van der Waals surface area (Å²) >= 11 is 0. The molecule has 0 spiro atoms. The summed E-state index contributed by atoms with van der Waals surface area (Å²) < 4.78 is 45.9. The van der Waals surface area contributed by atoms with Crippen molar-refractivity contribution < 1.29 is 32.3 Å². The van der Waals surface area contributed by atoms with Gasteiger partial charge in [-0.1, -0.05) is 18.2 Å². The van der Waals surface area contributed by atoms with Crippen LogP contribution in [-0.4, -0.2) is 85.7 Å². The number of benzene rings is 2. The Labute approximate surface area is 265 Å². The number of hydrogen-bond acceptors (Lipinski definition) is 7. The van der Waals surface area contributed by atoms with Gasteiger partial charge in [-0.3, -0.25) is 9.59 Å². The number of para-hydroxylation sites is 1. The van der Waals surface area contributed by atoms with E-state index < -0.39 is 17.3 Å². The number of piperidine rings is 2. The van der Waals surface area contributed by atoms with Gasteiger partial charge in [0.05, 0.1) is 5.56 Å². The van der Waals surface area contributed by atoms with Gasteiger partial charge in [-0.2, -0.15) is 13.2 Å². The van der Waals surface area contributed by atoms with Gasteiger partial charge in [-0.25, -0.2) is 9.48 Å². The van der Waals surface area contributed by atoms with Crippen molar-refractivity contribution >= 4 is 23.6 Å². The molecule has 0 radical (unpaired) electrons. The summed E-state index contributed by atoms with van der Waals surface area (Å²) in [6.45, 7) is 7.05. The molecular formula is C32H38F3N7O4. The number of alkyl halides is 3. The van der Waals surface area contributed by atoms with E-state index in [0.29, 0.717) is 63.4 Å². The van der Waals surface area contributed by atoms with Crippen LogP contribution in [0.15, 0.2) is 54.6 Å². The summed E-state index contributed by atoms with van der Waals surface area (Å²) in [7, 11) is 0. The topological polar surface area (TPSA) is 114 Å². The minimum atomic E-state index is -4.48. The molecule has 0 unspecified atom stereocenters. The number of anilines is 1. The Kier molecular flexibility index (Phi) is 9.63. The Balaban J connectivity index is 1.23. The number of tetrazole rings is 1. The van der Waals surface area contributed by atoms with E-state index in [1.54, 1.807) is 14.7 Å². The molecule has 14 heteroatoms. The molecule has 3 aromatic rings. The Morgan fingerprint density at radius 3 is 2.07 bits per heavy atom. The number of halogens is 3. The number of aromatic nitrogens is 4. The first-order valence-electron chi connectivity index (χ1n) is 15.4. The normalized spacial score (nSPS) is 16.7. The van der Waals surface area contributed by atoms with E-state index in [4.69, 9.17) is 4.74 Å². The van der Waals surface area contributed by atoms with Crippen LogP contribution in [0.25, 0.3) is 0 Å². The molecule has 0 N–H and O–H groups in total. The molecule has 2 saturated heterocycles.